The summed E-state index contributed by atoms with van der Waals surface area (Å²) in [7, 11) is 0. The summed E-state index contributed by atoms with van der Waals surface area (Å²) in [6.07, 6.45) is 1.76. The third-order valence-corrected chi connectivity index (χ3v) is 3.28. The maximum Gasteiger partial charge on any atom is 0.255 e. The summed E-state index contributed by atoms with van der Waals surface area (Å²) in [5.41, 5.74) is 1.94. The fraction of sp³-hybridized carbons (Fsp3) is 0. The average molecular weight is 235 g/mol. The lowest BCUT2D eigenvalue weighted by atomic mass is 9.97. The molecule has 0 spiro atoms. The molecule has 0 aliphatic carbocycles. The van der Waals surface area contributed by atoms with E-state index < -0.39 is 0 Å². The highest BCUT2D eigenvalue weighted by Crippen LogP contribution is 2.44. The third-order valence-electron chi connectivity index (χ3n) is 3.28. The summed E-state index contributed by atoms with van der Waals surface area (Å²) in [4.78, 5) is 14.6. The van der Waals surface area contributed by atoms with Gasteiger partial charge in [0.25, 0.3) is 5.56 Å². The van der Waals surface area contributed by atoms with Gasteiger partial charge in [-0.05, 0) is 18.2 Å². The molecule has 0 bridgehead atoms. The molecule has 1 aliphatic rings. The van der Waals surface area contributed by atoms with Crippen molar-refractivity contribution in [1.29, 1.82) is 0 Å². The second-order valence-electron chi connectivity index (χ2n) is 4.31. The monoisotopic (exact) mass is 235 g/mol. The Labute approximate surface area is 103 Å². The van der Waals surface area contributed by atoms with Crippen LogP contribution in [0.25, 0.3) is 21.9 Å². The molecule has 3 aromatic rings. The van der Waals surface area contributed by atoms with Crippen molar-refractivity contribution >= 4 is 10.8 Å². The van der Waals surface area contributed by atoms with Crippen molar-refractivity contribution in [2.75, 3.05) is 0 Å². The van der Waals surface area contributed by atoms with Crippen LogP contribution >= 0.6 is 0 Å². The van der Waals surface area contributed by atoms with Crippen LogP contribution in [0, 0.1) is 0 Å². The minimum atomic E-state index is -0.0846. The molecule has 1 aliphatic heterocycles. The molecule has 2 heterocycles. The van der Waals surface area contributed by atoms with Crippen molar-refractivity contribution in [3.63, 3.8) is 0 Å². The zero-order chi connectivity index (χ0) is 12.1. The van der Waals surface area contributed by atoms with Gasteiger partial charge in [-0.2, -0.15) is 0 Å². The summed E-state index contributed by atoms with van der Waals surface area (Å²) in [5.74, 6) is 1.57. The third kappa shape index (κ3) is 1.10. The molecule has 0 saturated heterocycles. The summed E-state index contributed by atoms with van der Waals surface area (Å²) in [6, 6.07) is 13.4. The minimum Gasteiger partial charge on any atom is -0.456 e. The van der Waals surface area contributed by atoms with Gasteiger partial charge in [-0.15, -0.1) is 0 Å². The van der Waals surface area contributed by atoms with E-state index in [2.05, 4.69) is 4.98 Å². The van der Waals surface area contributed by atoms with Gasteiger partial charge in [-0.25, -0.2) is 0 Å². The Kier molecular flexibility index (Phi) is 1.70. The van der Waals surface area contributed by atoms with Crippen LogP contribution in [0.4, 0.5) is 0 Å². The van der Waals surface area contributed by atoms with Gasteiger partial charge in [0.2, 0.25) is 0 Å². The molecule has 4 rings (SSSR count). The van der Waals surface area contributed by atoms with Crippen molar-refractivity contribution < 1.29 is 4.74 Å². The van der Waals surface area contributed by atoms with E-state index in [-0.39, 0.29) is 5.56 Å². The van der Waals surface area contributed by atoms with Crippen LogP contribution < -0.4 is 10.3 Å². The number of para-hydroxylation sites is 1. The highest BCUT2D eigenvalue weighted by Gasteiger charge is 2.20. The van der Waals surface area contributed by atoms with E-state index >= 15 is 0 Å². The Morgan fingerprint density at radius 3 is 2.67 bits per heavy atom. The number of H-pyrrole nitrogens is 1. The SMILES string of the molecule is O=c1[nH]cc2c3c(cccc13)Oc1ccccc1-2. The van der Waals surface area contributed by atoms with Crippen LogP contribution in [0.1, 0.15) is 0 Å². The molecule has 18 heavy (non-hydrogen) atoms. The highest BCUT2D eigenvalue weighted by molar-refractivity contribution is 6.03. The Morgan fingerprint density at radius 2 is 1.72 bits per heavy atom. The van der Waals surface area contributed by atoms with E-state index in [0.29, 0.717) is 5.39 Å². The molecule has 0 radical (unpaired) electrons. The average Bonchev–Trinajstić information content (AvgIpc) is 2.42. The summed E-state index contributed by atoms with van der Waals surface area (Å²) >= 11 is 0. The van der Waals surface area contributed by atoms with Crippen LogP contribution in [0.3, 0.4) is 0 Å². The fourth-order valence-electron chi connectivity index (χ4n) is 2.48. The minimum absolute atomic E-state index is 0.0846. The van der Waals surface area contributed by atoms with Gasteiger partial charge in [-0.3, -0.25) is 4.79 Å². The molecule has 0 saturated carbocycles. The first-order valence-electron chi connectivity index (χ1n) is 5.76. The first-order chi connectivity index (χ1) is 8.84. The summed E-state index contributed by atoms with van der Waals surface area (Å²) in [6.45, 7) is 0. The largest absolute Gasteiger partial charge is 0.456 e. The van der Waals surface area contributed by atoms with Crippen LogP contribution in [0.2, 0.25) is 0 Å². The Bertz CT molecular complexity index is 833. The molecule has 0 amide bonds. The van der Waals surface area contributed by atoms with Crippen molar-refractivity contribution in [3.8, 4) is 22.6 Å². The van der Waals surface area contributed by atoms with Crippen LogP contribution in [-0.2, 0) is 0 Å². The van der Waals surface area contributed by atoms with Crippen LogP contribution in [-0.4, -0.2) is 4.98 Å². The van der Waals surface area contributed by atoms with Crippen molar-refractivity contribution in [3.05, 3.63) is 59.0 Å². The number of ether oxygens (including phenoxy) is 1. The maximum absolute atomic E-state index is 11.8. The predicted molar refractivity (Wildman–Crippen MR) is 70.1 cm³/mol. The number of hydrogen-bond acceptors (Lipinski definition) is 2. The second kappa shape index (κ2) is 3.23. The molecular formula is C15H9NO2. The van der Waals surface area contributed by atoms with Gasteiger partial charge in [-0.1, -0.05) is 24.3 Å². The van der Waals surface area contributed by atoms with Crippen LogP contribution in [0.15, 0.2) is 53.5 Å². The number of rotatable bonds is 0. The number of benzene rings is 2. The number of nitrogens with one attached hydrogen (secondary N) is 1. The molecule has 3 heteroatoms. The Morgan fingerprint density at radius 1 is 0.889 bits per heavy atom. The molecule has 1 aromatic heterocycles. The summed E-state index contributed by atoms with van der Waals surface area (Å²) < 4.78 is 5.85. The topological polar surface area (TPSA) is 42.1 Å². The molecule has 2 aromatic carbocycles. The molecule has 3 nitrogen and oxygen atoms in total. The molecule has 1 N–H and O–H groups in total. The van der Waals surface area contributed by atoms with E-state index in [9.17, 15) is 4.79 Å². The van der Waals surface area contributed by atoms with Crippen molar-refractivity contribution in [1.82, 2.24) is 4.98 Å². The fourth-order valence-corrected chi connectivity index (χ4v) is 2.48. The molecule has 0 unspecified atom stereocenters. The summed E-state index contributed by atoms with van der Waals surface area (Å²) in [5, 5.41) is 1.56. The lowest BCUT2D eigenvalue weighted by Crippen LogP contribution is -2.08. The Hall–Kier alpha value is -2.55. The predicted octanol–water partition coefficient (Wildman–Crippen LogP) is 3.30. The van der Waals surface area contributed by atoms with E-state index in [1.807, 2.05) is 42.5 Å². The standard InChI is InChI=1S/C15H9NO2/c17-15-10-5-3-7-13-14(10)11(8-16-15)9-4-1-2-6-12(9)18-13/h1-8H,(H,16,17). The first kappa shape index (κ1) is 9.48. The first-order valence-corrected chi connectivity index (χ1v) is 5.76. The van der Waals surface area contributed by atoms with Gasteiger partial charge in [0.1, 0.15) is 11.5 Å². The lowest BCUT2D eigenvalue weighted by molar-refractivity contribution is 0.487. The van der Waals surface area contributed by atoms with E-state index in [1.165, 1.54) is 0 Å². The Balaban J connectivity index is 2.25. The number of pyridine rings is 1. The maximum atomic E-state index is 11.8. The molecule has 86 valence electrons. The number of fused-ring (bicyclic) bond motifs is 2. The van der Waals surface area contributed by atoms with Crippen molar-refractivity contribution in [2.24, 2.45) is 0 Å². The quantitative estimate of drug-likeness (QED) is 0.508. The smallest absolute Gasteiger partial charge is 0.255 e. The van der Waals surface area contributed by atoms with Gasteiger partial charge < -0.3 is 9.72 Å². The normalized spacial score (nSPS) is 12.0. The number of aromatic amines is 1. The zero-order valence-electron chi connectivity index (χ0n) is 9.44. The lowest BCUT2D eigenvalue weighted by Gasteiger charge is -2.20. The van der Waals surface area contributed by atoms with Gasteiger partial charge in [0.15, 0.2) is 0 Å². The molecular weight excluding hydrogens is 226 g/mol. The van der Waals surface area contributed by atoms with Gasteiger partial charge >= 0.3 is 0 Å². The molecule has 0 fully saturated rings. The zero-order valence-corrected chi connectivity index (χ0v) is 9.44. The van der Waals surface area contributed by atoms with Gasteiger partial charge in [0.05, 0.1) is 5.39 Å². The van der Waals surface area contributed by atoms with E-state index in [0.717, 1.165) is 28.0 Å². The van der Waals surface area contributed by atoms with E-state index in [4.69, 9.17) is 4.74 Å². The van der Waals surface area contributed by atoms with Crippen molar-refractivity contribution in [2.45, 2.75) is 0 Å². The molecule has 0 atom stereocenters. The number of hydrogen-bond donors (Lipinski definition) is 1. The number of aromatic nitrogens is 1. The van der Waals surface area contributed by atoms with E-state index in [1.54, 1.807) is 6.20 Å². The second-order valence-corrected chi connectivity index (χ2v) is 4.31. The van der Waals surface area contributed by atoms with Gasteiger partial charge in [0, 0.05) is 22.7 Å². The highest BCUT2D eigenvalue weighted by atomic mass is 16.5. The van der Waals surface area contributed by atoms with Crippen LogP contribution in [0.5, 0.6) is 11.5 Å².